The third-order valence-electron chi connectivity index (χ3n) is 10.2. The monoisotopic (exact) mass is 673 g/mol. The number of nitrogens with zero attached hydrogens (tertiary/aromatic N) is 1. The van der Waals surface area contributed by atoms with Gasteiger partial charge in [-0.05, 0) is 117 Å². The second-order valence-corrected chi connectivity index (χ2v) is 19.9. The van der Waals surface area contributed by atoms with E-state index in [1.807, 2.05) is 0 Å². The Bertz CT molecular complexity index is 2720. The van der Waals surface area contributed by atoms with Gasteiger partial charge in [-0.25, -0.2) is 0 Å². The second-order valence-electron chi connectivity index (χ2n) is 14.8. The Labute approximate surface area is 300 Å². The number of rotatable bonds is 6. The SMILES string of the molecule is Cc1cc(-c2ccc(N(c3ccc([Si-](C)(C)C)cc3)c3ccc4cc(-c5ccccc5)ccc4c3)cc2)c2c(c1)oc1cc3ccccc3cc12. The van der Waals surface area contributed by atoms with Gasteiger partial charge in [0.25, 0.3) is 0 Å². The lowest BCUT2D eigenvalue weighted by atomic mass is 9.96. The zero-order valence-corrected chi connectivity index (χ0v) is 30.4. The molecule has 0 aliphatic carbocycles. The Kier molecular flexibility index (Phi) is 7.41. The summed E-state index contributed by atoms with van der Waals surface area (Å²) in [5, 5.41) is 8.63. The summed E-state index contributed by atoms with van der Waals surface area (Å²) in [4.78, 5) is 2.38. The van der Waals surface area contributed by atoms with Gasteiger partial charge in [0, 0.05) is 27.8 Å². The van der Waals surface area contributed by atoms with Gasteiger partial charge in [-0.1, -0.05) is 103 Å². The summed E-state index contributed by atoms with van der Waals surface area (Å²) in [6.45, 7) is 9.36. The molecule has 3 heteroatoms. The van der Waals surface area contributed by atoms with E-state index in [1.165, 1.54) is 54.5 Å². The highest BCUT2D eigenvalue weighted by Gasteiger charge is 2.18. The minimum Gasteiger partial charge on any atom is -0.456 e. The first-order valence-corrected chi connectivity index (χ1v) is 21.2. The molecule has 0 N–H and O–H groups in total. The van der Waals surface area contributed by atoms with Crippen LogP contribution in [0, 0.1) is 6.92 Å². The fourth-order valence-electron chi connectivity index (χ4n) is 7.49. The third-order valence-corrected chi connectivity index (χ3v) is 12.3. The molecule has 0 saturated heterocycles. The van der Waals surface area contributed by atoms with Gasteiger partial charge in [-0.15, -0.1) is 8.07 Å². The molecule has 0 saturated carbocycles. The van der Waals surface area contributed by atoms with Crippen LogP contribution in [-0.2, 0) is 0 Å². The molecule has 0 amide bonds. The Balaban J connectivity index is 1.16. The van der Waals surface area contributed by atoms with E-state index in [0.717, 1.165) is 39.0 Å². The van der Waals surface area contributed by atoms with Crippen LogP contribution in [0.5, 0.6) is 0 Å². The molecule has 51 heavy (non-hydrogen) atoms. The van der Waals surface area contributed by atoms with Crippen LogP contribution < -0.4 is 10.1 Å². The van der Waals surface area contributed by atoms with Gasteiger partial charge in [-0.2, -0.15) is 24.8 Å². The van der Waals surface area contributed by atoms with E-state index in [-0.39, 0.29) is 0 Å². The molecule has 0 bridgehead atoms. The number of benzene rings is 8. The quantitative estimate of drug-likeness (QED) is 0.163. The van der Waals surface area contributed by atoms with E-state index in [9.17, 15) is 0 Å². The maximum absolute atomic E-state index is 6.48. The highest BCUT2D eigenvalue weighted by atomic mass is 28.3. The number of aryl methyl sites for hydroxylation is 1. The van der Waals surface area contributed by atoms with Gasteiger partial charge in [0.1, 0.15) is 11.2 Å². The van der Waals surface area contributed by atoms with E-state index < -0.39 is 8.07 Å². The predicted molar refractivity (Wildman–Crippen MR) is 222 cm³/mol. The van der Waals surface area contributed by atoms with Crippen LogP contribution in [0.25, 0.3) is 65.7 Å². The van der Waals surface area contributed by atoms with Crippen LogP contribution in [0.4, 0.5) is 17.1 Å². The zero-order valence-electron chi connectivity index (χ0n) is 29.4. The van der Waals surface area contributed by atoms with Gasteiger partial charge in [0.2, 0.25) is 0 Å². The molecule has 0 aliphatic rings. The first-order valence-electron chi connectivity index (χ1n) is 17.7. The Hall–Kier alpha value is -5.90. The Morgan fingerprint density at radius 2 is 1.04 bits per heavy atom. The minimum atomic E-state index is -1.45. The molecular weight excluding hydrogens is 635 g/mol. The lowest BCUT2D eigenvalue weighted by molar-refractivity contribution is 0.669. The normalized spacial score (nSPS) is 11.9. The summed E-state index contributed by atoms with van der Waals surface area (Å²) in [7, 11) is -1.45. The first kappa shape index (κ1) is 31.1. The van der Waals surface area contributed by atoms with Crippen molar-refractivity contribution in [1.29, 1.82) is 0 Å². The van der Waals surface area contributed by atoms with E-state index >= 15 is 0 Å². The maximum atomic E-state index is 6.48. The molecule has 9 aromatic rings. The average molecular weight is 674 g/mol. The van der Waals surface area contributed by atoms with Crippen molar-refractivity contribution in [3.8, 4) is 22.3 Å². The summed E-state index contributed by atoms with van der Waals surface area (Å²) in [6.07, 6.45) is 0. The molecule has 1 heterocycles. The molecular formula is C48H39NOSi-. The van der Waals surface area contributed by atoms with Crippen molar-refractivity contribution >= 4 is 73.8 Å². The summed E-state index contributed by atoms with van der Waals surface area (Å²) in [5.41, 5.74) is 11.3. The minimum absolute atomic E-state index is 0.923. The highest BCUT2D eigenvalue weighted by Crippen LogP contribution is 2.41. The van der Waals surface area contributed by atoms with Crippen molar-refractivity contribution in [2.45, 2.75) is 26.6 Å². The number of hydrogen-bond acceptors (Lipinski definition) is 2. The standard InChI is InChI=1S/C48H39NOSi/c1-32-26-44(48-45-30-35-12-8-9-13-36(35)31-46(45)50-47(48)27-32)34-16-19-40(20-17-34)49(41-22-24-43(25-23-41)51(2,3)4)42-21-18-38-28-37(14-15-39(38)29-42)33-10-6-5-7-11-33/h5-31H,1-4H3/q-1. The van der Waals surface area contributed by atoms with Gasteiger partial charge >= 0.3 is 0 Å². The number of furan rings is 1. The van der Waals surface area contributed by atoms with Crippen LogP contribution in [0.3, 0.4) is 0 Å². The molecule has 0 spiro atoms. The summed E-state index contributed by atoms with van der Waals surface area (Å²) in [5.74, 6) is 0. The van der Waals surface area contributed by atoms with Gasteiger partial charge in [0.15, 0.2) is 0 Å². The molecule has 0 aliphatic heterocycles. The van der Waals surface area contributed by atoms with Gasteiger partial charge < -0.3 is 9.32 Å². The molecule has 1 aromatic heterocycles. The lowest BCUT2D eigenvalue weighted by Crippen LogP contribution is -2.37. The first-order chi connectivity index (χ1) is 24.8. The number of fused-ring (bicyclic) bond motifs is 5. The van der Waals surface area contributed by atoms with Crippen molar-refractivity contribution in [2.24, 2.45) is 0 Å². The van der Waals surface area contributed by atoms with E-state index in [0.29, 0.717) is 0 Å². The Morgan fingerprint density at radius 3 is 1.76 bits per heavy atom. The third kappa shape index (κ3) is 5.70. The lowest BCUT2D eigenvalue weighted by Gasteiger charge is -2.31. The van der Waals surface area contributed by atoms with Crippen molar-refractivity contribution in [2.75, 3.05) is 4.90 Å². The van der Waals surface area contributed by atoms with Crippen LogP contribution in [0.2, 0.25) is 19.6 Å². The fourth-order valence-corrected chi connectivity index (χ4v) is 8.65. The van der Waals surface area contributed by atoms with Crippen molar-refractivity contribution in [1.82, 2.24) is 0 Å². The van der Waals surface area contributed by atoms with Crippen LogP contribution in [0.1, 0.15) is 5.56 Å². The van der Waals surface area contributed by atoms with Crippen molar-refractivity contribution in [3.05, 3.63) is 169 Å². The number of hydrogen-bond donors (Lipinski definition) is 0. The van der Waals surface area contributed by atoms with E-state index in [2.05, 4.69) is 195 Å². The van der Waals surface area contributed by atoms with E-state index in [1.54, 1.807) is 0 Å². The largest absolute Gasteiger partial charge is 0.456 e. The predicted octanol–water partition coefficient (Wildman–Crippen LogP) is 13.5. The summed E-state index contributed by atoms with van der Waals surface area (Å²) in [6, 6.07) is 59.9. The smallest absolute Gasteiger partial charge is 0.136 e. The molecule has 0 radical (unpaired) electrons. The molecule has 247 valence electrons. The van der Waals surface area contributed by atoms with Gasteiger partial charge in [-0.3, -0.25) is 0 Å². The van der Waals surface area contributed by atoms with Gasteiger partial charge in [0.05, 0.1) is 0 Å². The molecule has 0 unspecified atom stereocenters. The van der Waals surface area contributed by atoms with Crippen LogP contribution in [-0.4, -0.2) is 8.07 Å². The fraction of sp³-hybridized carbons (Fsp3) is 0.0833. The average Bonchev–Trinajstić information content (AvgIpc) is 3.50. The van der Waals surface area contributed by atoms with Crippen LogP contribution >= 0.6 is 0 Å². The topological polar surface area (TPSA) is 16.4 Å². The molecule has 9 rings (SSSR count). The molecule has 0 fully saturated rings. The molecule has 2 nitrogen and oxygen atoms in total. The zero-order chi connectivity index (χ0) is 34.7. The molecule has 8 aromatic carbocycles. The van der Waals surface area contributed by atoms with E-state index in [4.69, 9.17) is 4.42 Å². The highest BCUT2D eigenvalue weighted by molar-refractivity contribution is 6.88. The summed E-state index contributed by atoms with van der Waals surface area (Å²) >= 11 is 0. The van der Waals surface area contributed by atoms with Crippen molar-refractivity contribution in [3.63, 3.8) is 0 Å². The second kappa shape index (κ2) is 12.2. The number of anilines is 3. The van der Waals surface area contributed by atoms with Crippen LogP contribution in [0.15, 0.2) is 168 Å². The summed E-state index contributed by atoms with van der Waals surface area (Å²) < 4.78 is 6.48. The molecule has 0 atom stereocenters. The Morgan fingerprint density at radius 1 is 0.451 bits per heavy atom. The van der Waals surface area contributed by atoms with Crippen molar-refractivity contribution < 1.29 is 4.42 Å². The maximum Gasteiger partial charge on any atom is 0.136 e.